The van der Waals surface area contributed by atoms with E-state index in [1.54, 1.807) is 13.2 Å². The molecule has 1 fully saturated rings. The third-order valence-corrected chi connectivity index (χ3v) is 6.32. The van der Waals surface area contributed by atoms with E-state index in [1.807, 2.05) is 38.1 Å². The van der Waals surface area contributed by atoms with Gasteiger partial charge in [-0.15, -0.1) is 0 Å². The first kappa shape index (κ1) is 26.8. The number of anilines is 2. The maximum absolute atomic E-state index is 12.4. The number of alkyl carbamates (subject to hydrolysis) is 1. The van der Waals surface area contributed by atoms with Gasteiger partial charge in [-0.1, -0.05) is 45.9 Å². The average Bonchev–Trinajstić information content (AvgIpc) is 2.92. The van der Waals surface area contributed by atoms with Crippen LogP contribution < -0.4 is 25.4 Å². The van der Waals surface area contributed by atoms with E-state index in [0.29, 0.717) is 23.4 Å². The smallest absolute Gasteiger partial charge is 0.406 e. The number of hydrogen-bond acceptors (Lipinski definition) is 7. The van der Waals surface area contributed by atoms with Crippen molar-refractivity contribution in [1.29, 1.82) is 0 Å². The molecule has 0 aliphatic carbocycles. The fourth-order valence-electron chi connectivity index (χ4n) is 4.30. The van der Waals surface area contributed by atoms with E-state index in [9.17, 15) is 9.59 Å². The molecule has 2 N–H and O–H groups in total. The predicted octanol–water partition coefficient (Wildman–Crippen LogP) is 3.92. The molecule has 2 aromatic carbocycles. The van der Waals surface area contributed by atoms with E-state index >= 15 is 0 Å². The van der Waals surface area contributed by atoms with Crippen molar-refractivity contribution in [1.82, 2.24) is 15.3 Å². The quantitative estimate of drug-likeness (QED) is 0.535. The van der Waals surface area contributed by atoms with Gasteiger partial charge in [-0.2, -0.15) is 0 Å². The number of piperazine rings is 1. The lowest BCUT2D eigenvalue weighted by molar-refractivity contribution is 0.168. The Labute approximate surface area is 212 Å². The number of carbonyl (C=O) groups excluding carboxylic acids is 1. The first-order valence-electron chi connectivity index (χ1n) is 12.3. The van der Waals surface area contributed by atoms with Crippen LogP contribution in [-0.4, -0.2) is 63.0 Å². The summed E-state index contributed by atoms with van der Waals surface area (Å²) in [6.07, 6.45) is -0.455. The molecular weight excluding hydrogens is 458 g/mol. The second kappa shape index (κ2) is 11.8. The second-order valence-corrected chi connectivity index (χ2v) is 8.99. The van der Waals surface area contributed by atoms with Gasteiger partial charge in [0, 0.05) is 55.5 Å². The van der Waals surface area contributed by atoms with Crippen LogP contribution in [0.15, 0.2) is 47.3 Å². The fraction of sp³-hybridized carbons (Fsp3) is 0.444. The monoisotopic (exact) mass is 495 g/mol. The van der Waals surface area contributed by atoms with Gasteiger partial charge < -0.3 is 24.6 Å². The second-order valence-electron chi connectivity index (χ2n) is 8.99. The Bertz CT molecular complexity index is 1230. The Hall–Kier alpha value is -3.75. The van der Waals surface area contributed by atoms with Gasteiger partial charge in [0.1, 0.15) is 5.75 Å². The van der Waals surface area contributed by atoms with Crippen LogP contribution in [0, 0.1) is 0 Å². The number of carbonyl (C=O) groups is 1. The van der Waals surface area contributed by atoms with Crippen LogP contribution in [0.4, 0.5) is 16.4 Å². The van der Waals surface area contributed by atoms with Crippen LogP contribution in [-0.2, 0) is 10.2 Å². The van der Waals surface area contributed by atoms with Crippen LogP contribution in [0.25, 0.3) is 10.9 Å². The van der Waals surface area contributed by atoms with Gasteiger partial charge in [0.15, 0.2) is 0 Å². The molecule has 0 bridgehead atoms. The molecule has 9 nitrogen and oxygen atoms in total. The predicted molar refractivity (Wildman–Crippen MR) is 145 cm³/mol. The zero-order chi connectivity index (χ0) is 26.3. The van der Waals surface area contributed by atoms with E-state index in [-0.39, 0.29) is 11.0 Å². The number of nitrogens with zero attached hydrogens (tertiary/aromatic N) is 3. The number of aromatic amines is 1. The number of H-pyrrole nitrogens is 1. The minimum absolute atomic E-state index is 0.118. The molecule has 9 heteroatoms. The molecule has 1 amide bonds. The highest BCUT2D eigenvalue weighted by Gasteiger charge is 2.27. The van der Waals surface area contributed by atoms with Crippen LogP contribution in [0.2, 0.25) is 0 Å². The first-order chi connectivity index (χ1) is 17.3. The average molecular weight is 496 g/mol. The SMILES string of the molecule is CC.COC(=O)NCC(C)(C)c1ccc(N2CCN(c3nc4ccccc4c(=O)[nH]3)CC2)cc1OC. The van der Waals surface area contributed by atoms with Gasteiger partial charge in [-0.3, -0.25) is 9.78 Å². The van der Waals surface area contributed by atoms with Gasteiger partial charge in [0.05, 0.1) is 25.1 Å². The molecule has 0 radical (unpaired) electrons. The molecule has 0 unspecified atom stereocenters. The summed E-state index contributed by atoms with van der Waals surface area (Å²) in [7, 11) is 3.01. The number of amides is 1. The number of methoxy groups -OCH3 is 2. The topological polar surface area (TPSA) is 99.8 Å². The van der Waals surface area contributed by atoms with Gasteiger partial charge in [0.25, 0.3) is 5.56 Å². The van der Waals surface area contributed by atoms with Crippen LogP contribution >= 0.6 is 0 Å². The number of ether oxygens (including phenoxy) is 2. The van der Waals surface area contributed by atoms with Gasteiger partial charge in [0.2, 0.25) is 5.95 Å². The molecule has 0 spiro atoms. The number of rotatable bonds is 6. The Morgan fingerprint density at radius 1 is 1.06 bits per heavy atom. The van der Waals surface area contributed by atoms with E-state index < -0.39 is 6.09 Å². The third-order valence-electron chi connectivity index (χ3n) is 6.32. The Morgan fingerprint density at radius 3 is 2.39 bits per heavy atom. The summed E-state index contributed by atoms with van der Waals surface area (Å²) in [5.74, 6) is 1.38. The summed E-state index contributed by atoms with van der Waals surface area (Å²) >= 11 is 0. The van der Waals surface area contributed by atoms with Gasteiger partial charge in [-0.05, 0) is 18.2 Å². The number of hydrogen-bond donors (Lipinski definition) is 2. The third kappa shape index (κ3) is 5.90. The van der Waals surface area contributed by atoms with Gasteiger partial charge >= 0.3 is 6.09 Å². The maximum Gasteiger partial charge on any atom is 0.406 e. The van der Waals surface area contributed by atoms with Crippen molar-refractivity contribution >= 4 is 28.6 Å². The van der Waals surface area contributed by atoms with E-state index in [0.717, 1.165) is 43.2 Å². The van der Waals surface area contributed by atoms with Crippen molar-refractivity contribution in [2.45, 2.75) is 33.1 Å². The number of fused-ring (bicyclic) bond motifs is 1. The summed E-state index contributed by atoms with van der Waals surface area (Å²) in [5.41, 5.74) is 2.31. The standard InChI is InChI=1S/C25H31N5O4.C2H6/c1-25(2,16-26-24(32)34-4)19-10-9-17(15-21(19)33-3)29-11-13-30(14-12-29)23-27-20-8-6-5-7-18(20)22(31)28-23;1-2/h5-10,15H,11-14,16H2,1-4H3,(H,26,32)(H,27,28,31);1-2H3. The summed E-state index contributed by atoms with van der Waals surface area (Å²) in [4.78, 5) is 35.9. The van der Waals surface area contributed by atoms with Crippen molar-refractivity contribution in [2.75, 3.05) is 56.7 Å². The summed E-state index contributed by atoms with van der Waals surface area (Å²) in [6.45, 7) is 11.6. The van der Waals surface area contributed by atoms with E-state index in [2.05, 4.69) is 55.8 Å². The highest BCUT2D eigenvalue weighted by molar-refractivity contribution is 5.78. The van der Waals surface area contributed by atoms with Crippen molar-refractivity contribution in [2.24, 2.45) is 0 Å². The fourth-order valence-corrected chi connectivity index (χ4v) is 4.30. The molecule has 2 heterocycles. The molecular formula is C27H37N5O4. The van der Waals surface area contributed by atoms with Crippen LogP contribution in [0.5, 0.6) is 5.75 Å². The maximum atomic E-state index is 12.4. The largest absolute Gasteiger partial charge is 0.496 e. The molecule has 0 atom stereocenters. The minimum atomic E-state index is -0.455. The number of benzene rings is 2. The molecule has 4 rings (SSSR count). The lowest BCUT2D eigenvalue weighted by atomic mass is 9.83. The molecule has 1 aliphatic rings. The Kier molecular flexibility index (Phi) is 8.79. The lowest BCUT2D eigenvalue weighted by Crippen LogP contribution is -2.47. The highest BCUT2D eigenvalue weighted by Crippen LogP contribution is 2.35. The Morgan fingerprint density at radius 2 is 1.72 bits per heavy atom. The van der Waals surface area contributed by atoms with Crippen LogP contribution in [0.3, 0.4) is 0 Å². The summed E-state index contributed by atoms with van der Waals surface area (Å²) in [6, 6.07) is 13.6. The van der Waals surface area contributed by atoms with Crippen molar-refractivity contribution < 1.29 is 14.3 Å². The zero-order valence-electron chi connectivity index (χ0n) is 22.1. The normalized spacial score (nSPS) is 13.6. The van der Waals surface area contributed by atoms with Crippen molar-refractivity contribution in [3.8, 4) is 5.75 Å². The summed E-state index contributed by atoms with van der Waals surface area (Å²) < 4.78 is 10.4. The minimum Gasteiger partial charge on any atom is -0.496 e. The lowest BCUT2D eigenvalue weighted by Gasteiger charge is -2.37. The molecule has 1 aromatic heterocycles. The first-order valence-corrected chi connectivity index (χ1v) is 12.3. The Balaban J connectivity index is 0.00000176. The zero-order valence-corrected chi connectivity index (χ0v) is 22.1. The van der Waals surface area contributed by atoms with Gasteiger partial charge in [-0.25, -0.2) is 9.78 Å². The molecule has 0 saturated carbocycles. The number of nitrogens with one attached hydrogen (secondary N) is 2. The van der Waals surface area contributed by atoms with Crippen LogP contribution in [0.1, 0.15) is 33.3 Å². The number of aromatic nitrogens is 2. The summed E-state index contributed by atoms with van der Waals surface area (Å²) in [5, 5.41) is 3.37. The molecule has 1 saturated heterocycles. The molecule has 1 aliphatic heterocycles. The molecule has 36 heavy (non-hydrogen) atoms. The van der Waals surface area contributed by atoms with E-state index in [1.165, 1.54) is 7.11 Å². The molecule has 194 valence electrons. The number of para-hydroxylation sites is 1. The van der Waals surface area contributed by atoms with Crippen molar-refractivity contribution in [3.63, 3.8) is 0 Å². The van der Waals surface area contributed by atoms with Crippen molar-refractivity contribution in [3.05, 3.63) is 58.4 Å². The highest BCUT2D eigenvalue weighted by atomic mass is 16.5. The molecule has 3 aromatic rings. The van der Waals surface area contributed by atoms with E-state index in [4.69, 9.17) is 4.74 Å².